The van der Waals surface area contributed by atoms with E-state index >= 15 is 0 Å². The number of thioether (sulfide) groups is 1. The van der Waals surface area contributed by atoms with E-state index in [0.717, 1.165) is 32.7 Å². The minimum Gasteiger partial charge on any atom is -0.384 e. The number of non-ortho nitro benzene ring substituents is 1. The lowest BCUT2D eigenvalue weighted by molar-refractivity contribution is -0.384. The molecule has 0 saturated heterocycles. The SMILES string of the molecule is Cc1cc(C)c(C2C(C#N)=C(N)N(c3cc([N+](=O)[O-])ccc3C)C3=C2C(=O)CC(C)(C)C3)cc1CSc1cc(Cl)ccc1Cl. The first-order valence-corrected chi connectivity index (χ1v) is 15.9. The highest BCUT2D eigenvalue weighted by Crippen LogP contribution is 2.51. The molecular formula is C34H32Cl2N4O3S. The number of aryl methyl sites for hydroxylation is 3. The van der Waals surface area contributed by atoms with E-state index in [4.69, 9.17) is 28.9 Å². The highest BCUT2D eigenvalue weighted by atomic mass is 35.5. The Morgan fingerprint density at radius 1 is 1.07 bits per heavy atom. The minimum atomic E-state index is -0.673. The van der Waals surface area contributed by atoms with Crippen molar-refractivity contribution in [1.29, 1.82) is 5.26 Å². The van der Waals surface area contributed by atoms with Crippen molar-refractivity contribution in [3.63, 3.8) is 0 Å². The number of hydrogen-bond donors (Lipinski definition) is 1. The molecule has 44 heavy (non-hydrogen) atoms. The first kappa shape index (κ1) is 31.6. The van der Waals surface area contributed by atoms with E-state index in [0.29, 0.717) is 45.6 Å². The maximum Gasteiger partial charge on any atom is 0.271 e. The van der Waals surface area contributed by atoms with Crippen molar-refractivity contribution >= 4 is 52.1 Å². The lowest BCUT2D eigenvalue weighted by Gasteiger charge is -2.44. The highest BCUT2D eigenvalue weighted by Gasteiger charge is 2.45. The number of nitro benzene ring substituents is 1. The number of halogens is 2. The summed E-state index contributed by atoms with van der Waals surface area (Å²) in [5.74, 6) is 0.0369. The third kappa shape index (κ3) is 5.84. The zero-order valence-corrected chi connectivity index (χ0v) is 27.5. The van der Waals surface area contributed by atoms with Crippen molar-refractivity contribution in [2.45, 2.75) is 64.0 Å². The molecular weight excluding hydrogens is 615 g/mol. The number of Topliss-reactive ketones (excluding diaryl/α,β-unsaturated/α-hetero) is 1. The van der Waals surface area contributed by atoms with Gasteiger partial charge in [0.15, 0.2) is 5.78 Å². The molecule has 1 aliphatic carbocycles. The number of nitrogens with zero attached hydrogens (tertiary/aromatic N) is 3. The van der Waals surface area contributed by atoms with Crippen molar-refractivity contribution in [3.05, 3.63) is 119 Å². The van der Waals surface area contributed by atoms with Gasteiger partial charge in [-0.15, -0.1) is 11.8 Å². The fourth-order valence-electron chi connectivity index (χ4n) is 6.17. The highest BCUT2D eigenvalue weighted by molar-refractivity contribution is 7.98. The predicted octanol–water partition coefficient (Wildman–Crippen LogP) is 9.06. The molecule has 2 aliphatic rings. The lowest BCUT2D eigenvalue weighted by atomic mass is 9.68. The van der Waals surface area contributed by atoms with Crippen molar-refractivity contribution in [2.24, 2.45) is 11.1 Å². The van der Waals surface area contributed by atoms with E-state index in [9.17, 15) is 20.2 Å². The topological polar surface area (TPSA) is 113 Å². The molecule has 0 bridgehead atoms. The number of benzene rings is 3. The molecule has 1 unspecified atom stereocenters. The first-order valence-electron chi connectivity index (χ1n) is 14.1. The fourth-order valence-corrected chi connectivity index (χ4v) is 7.73. The van der Waals surface area contributed by atoms with Gasteiger partial charge < -0.3 is 5.73 Å². The molecule has 0 fully saturated rings. The first-order chi connectivity index (χ1) is 20.7. The lowest BCUT2D eigenvalue weighted by Crippen LogP contribution is -2.42. The summed E-state index contributed by atoms with van der Waals surface area (Å²) in [4.78, 5) is 27.9. The van der Waals surface area contributed by atoms with Crippen LogP contribution in [-0.2, 0) is 10.5 Å². The average Bonchev–Trinajstić information content (AvgIpc) is 2.94. The molecule has 10 heteroatoms. The van der Waals surface area contributed by atoms with Gasteiger partial charge in [-0.25, -0.2) is 0 Å². The largest absolute Gasteiger partial charge is 0.384 e. The number of ketones is 1. The van der Waals surface area contributed by atoms with Crippen LogP contribution in [0.25, 0.3) is 0 Å². The molecule has 3 aromatic carbocycles. The van der Waals surface area contributed by atoms with Gasteiger partial charge in [-0.3, -0.25) is 19.8 Å². The van der Waals surface area contributed by atoms with Gasteiger partial charge in [0, 0.05) is 45.5 Å². The van der Waals surface area contributed by atoms with Gasteiger partial charge in [-0.05, 0) is 78.6 Å². The number of anilines is 1. The predicted molar refractivity (Wildman–Crippen MR) is 177 cm³/mol. The maximum atomic E-state index is 14.1. The normalized spacial score (nSPS) is 17.9. The number of nitriles is 1. The number of allylic oxidation sites excluding steroid dienone is 3. The van der Waals surface area contributed by atoms with Crippen molar-refractivity contribution in [2.75, 3.05) is 4.90 Å². The van der Waals surface area contributed by atoms with E-state index in [1.807, 2.05) is 40.7 Å². The standard InChI is InChI=1S/C34H32Cl2N4O3S/c1-18-6-8-23(40(42)43)13-27(18)39-28-14-34(4,5)15-29(41)32(28)31(25(16-37)33(39)38)24-11-21(19(2)10-20(24)3)17-44-30-12-22(35)7-9-26(30)36/h6-13,31H,14-15,17,38H2,1-5H3. The fraction of sp³-hybridized carbons (Fsp3) is 0.294. The molecule has 1 atom stereocenters. The van der Waals surface area contributed by atoms with Gasteiger partial charge in [-0.1, -0.05) is 55.2 Å². The molecule has 0 saturated carbocycles. The smallest absolute Gasteiger partial charge is 0.271 e. The third-order valence-corrected chi connectivity index (χ3v) is 10.1. The van der Waals surface area contributed by atoms with Gasteiger partial charge in [0.05, 0.1) is 33.2 Å². The van der Waals surface area contributed by atoms with Crippen LogP contribution in [0.3, 0.4) is 0 Å². The second-order valence-electron chi connectivity index (χ2n) is 12.2. The summed E-state index contributed by atoms with van der Waals surface area (Å²) in [6.07, 6.45) is 0.816. The van der Waals surface area contributed by atoms with Gasteiger partial charge >= 0.3 is 0 Å². The number of carbonyl (C=O) groups is 1. The van der Waals surface area contributed by atoms with Crippen LogP contribution in [0, 0.1) is 47.6 Å². The molecule has 0 spiro atoms. The molecule has 1 heterocycles. The van der Waals surface area contributed by atoms with Crippen LogP contribution in [0.15, 0.2) is 76.1 Å². The monoisotopic (exact) mass is 646 g/mol. The van der Waals surface area contributed by atoms with Crippen molar-refractivity contribution in [1.82, 2.24) is 0 Å². The molecule has 1 aliphatic heterocycles. The number of carbonyl (C=O) groups excluding carboxylic acids is 1. The van der Waals surface area contributed by atoms with Crippen LogP contribution in [0.2, 0.25) is 10.0 Å². The van der Waals surface area contributed by atoms with Crippen LogP contribution in [0.4, 0.5) is 11.4 Å². The van der Waals surface area contributed by atoms with Crippen LogP contribution in [0.1, 0.15) is 60.4 Å². The summed E-state index contributed by atoms with van der Waals surface area (Å²) in [7, 11) is 0. The Morgan fingerprint density at radius 2 is 1.80 bits per heavy atom. The van der Waals surface area contributed by atoms with Gasteiger partial charge in [-0.2, -0.15) is 5.26 Å². The maximum absolute atomic E-state index is 14.1. The second-order valence-corrected chi connectivity index (χ2v) is 14.1. The van der Waals surface area contributed by atoms with Gasteiger partial charge in [0.25, 0.3) is 5.69 Å². The molecule has 0 radical (unpaired) electrons. The average molecular weight is 648 g/mol. The Balaban J connectivity index is 1.69. The number of hydrogen-bond acceptors (Lipinski definition) is 7. The zero-order valence-electron chi connectivity index (χ0n) is 25.1. The Morgan fingerprint density at radius 3 is 2.48 bits per heavy atom. The van der Waals surface area contributed by atoms with Crippen LogP contribution in [-0.4, -0.2) is 10.7 Å². The Bertz CT molecular complexity index is 1840. The molecule has 2 N–H and O–H groups in total. The summed E-state index contributed by atoms with van der Waals surface area (Å²) in [6, 6.07) is 16.4. The number of rotatable bonds is 6. The van der Waals surface area contributed by atoms with Crippen LogP contribution >= 0.6 is 35.0 Å². The minimum absolute atomic E-state index is 0.0591. The van der Waals surface area contributed by atoms with E-state index in [1.165, 1.54) is 12.1 Å². The van der Waals surface area contributed by atoms with E-state index < -0.39 is 10.8 Å². The number of nitrogens with two attached hydrogens (primary N) is 1. The molecule has 3 aromatic rings. The van der Waals surface area contributed by atoms with Gasteiger partial charge in [0.1, 0.15) is 5.82 Å². The summed E-state index contributed by atoms with van der Waals surface area (Å²) in [6.45, 7) is 9.90. The van der Waals surface area contributed by atoms with Crippen LogP contribution < -0.4 is 10.6 Å². The summed E-state index contributed by atoms with van der Waals surface area (Å²) in [5, 5.41) is 23.5. The molecule has 5 rings (SSSR count). The Kier molecular flexibility index (Phi) is 8.60. The van der Waals surface area contributed by atoms with E-state index in [-0.39, 0.29) is 28.3 Å². The summed E-state index contributed by atoms with van der Waals surface area (Å²) < 4.78 is 0. The van der Waals surface area contributed by atoms with Crippen LogP contribution in [0.5, 0.6) is 0 Å². The quantitative estimate of drug-likeness (QED) is 0.161. The van der Waals surface area contributed by atoms with Gasteiger partial charge in [0.2, 0.25) is 0 Å². The van der Waals surface area contributed by atoms with Crippen molar-refractivity contribution < 1.29 is 9.72 Å². The van der Waals surface area contributed by atoms with E-state index in [1.54, 1.807) is 34.9 Å². The molecule has 7 nitrogen and oxygen atoms in total. The number of nitro groups is 1. The Hall–Kier alpha value is -3.77. The molecule has 226 valence electrons. The third-order valence-electron chi connectivity index (χ3n) is 8.34. The van der Waals surface area contributed by atoms with E-state index in [2.05, 4.69) is 18.2 Å². The Labute approximate surface area is 271 Å². The van der Waals surface area contributed by atoms with Crippen molar-refractivity contribution in [3.8, 4) is 6.07 Å². The summed E-state index contributed by atoms with van der Waals surface area (Å²) in [5.41, 5.74) is 12.9. The molecule has 0 amide bonds. The zero-order chi connectivity index (χ0) is 32.1. The summed E-state index contributed by atoms with van der Waals surface area (Å²) >= 11 is 14.2. The second kappa shape index (κ2) is 12.0. The molecule has 0 aromatic heterocycles.